The molecule has 0 amide bonds. The third-order valence-corrected chi connectivity index (χ3v) is 4.02. The van der Waals surface area contributed by atoms with Crippen LogP contribution < -0.4 is 14.8 Å². The Labute approximate surface area is 140 Å². The molecule has 3 aromatic rings. The first-order valence-electron chi connectivity index (χ1n) is 7.81. The highest BCUT2D eigenvalue weighted by molar-refractivity contribution is 5.53. The lowest BCUT2D eigenvalue weighted by atomic mass is 10.1. The number of fused-ring (bicyclic) bond motifs is 1. The molecule has 0 saturated heterocycles. The summed E-state index contributed by atoms with van der Waals surface area (Å²) in [5.74, 6) is 3.09. The molecule has 0 aliphatic rings. The second kappa shape index (κ2) is 6.74. The maximum absolute atomic E-state index is 5.44. The predicted molar refractivity (Wildman–Crippen MR) is 91.8 cm³/mol. The van der Waals surface area contributed by atoms with Crippen LogP contribution in [-0.4, -0.2) is 33.8 Å². The third kappa shape index (κ3) is 2.84. The van der Waals surface area contributed by atoms with E-state index >= 15 is 0 Å². The quantitative estimate of drug-likeness (QED) is 0.750. The molecule has 0 spiro atoms. The van der Waals surface area contributed by atoms with Gasteiger partial charge in [-0.3, -0.25) is 0 Å². The van der Waals surface area contributed by atoms with Crippen molar-refractivity contribution >= 4 is 11.6 Å². The fourth-order valence-corrected chi connectivity index (χ4v) is 2.79. The van der Waals surface area contributed by atoms with Crippen molar-refractivity contribution in [2.75, 3.05) is 19.5 Å². The van der Waals surface area contributed by atoms with E-state index in [0.717, 1.165) is 40.6 Å². The summed E-state index contributed by atoms with van der Waals surface area (Å²) in [6.45, 7) is 4.67. The lowest BCUT2D eigenvalue weighted by molar-refractivity contribution is 0.399. The van der Waals surface area contributed by atoms with E-state index in [9.17, 15) is 0 Å². The smallest absolute Gasteiger partial charge is 0.254 e. The van der Waals surface area contributed by atoms with Crippen LogP contribution in [0, 0.1) is 6.92 Å². The van der Waals surface area contributed by atoms with Gasteiger partial charge in [-0.05, 0) is 31.5 Å². The molecule has 0 saturated carbocycles. The lowest BCUT2D eigenvalue weighted by Gasteiger charge is -2.16. The van der Waals surface area contributed by atoms with Crippen molar-refractivity contribution < 1.29 is 9.47 Å². The van der Waals surface area contributed by atoms with E-state index in [0.29, 0.717) is 12.3 Å². The first-order valence-corrected chi connectivity index (χ1v) is 7.81. The van der Waals surface area contributed by atoms with Gasteiger partial charge in [0, 0.05) is 23.4 Å². The van der Waals surface area contributed by atoms with Gasteiger partial charge in [0.2, 0.25) is 0 Å². The van der Waals surface area contributed by atoms with Crippen molar-refractivity contribution in [3.63, 3.8) is 0 Å². The fourth-order valence-electron chi connectivity index (χ4n) is 2.79. The summed E-state index contributed by atoms with van der Waals surface area (Å²) in [4.78, 5) is 8.68. The molecule has 0 bridgehead atoms. The number of hydrogen-bond acceptors (Lipinski definition) is 6. The van der Waals surface area contributed by atoms with Gasteiger partial charge < -0.3 is 14.8 Å². The van der Waals surface area contributed by atoms with E-state index in [-0.39, 0.29) is 0 Å². The van der Waals surface area contributed by atoms with Crippen LogP contribution in [0.15, 0.2) is 24.5 Å². The van der Waals surface area contributed by atoms with Gasteiger partial charge in [0.15, 0.2) is 0 Å². The van der Waals surface area contributed by atoms with E-state index in [4.69, 9.17) is 9.47 Å². The number of nitrogens with zero attached hydrogens (tertiary/aromatic N) is 4. The highest BCUT2D eigenvalue weighted by Gasteiger charge is 2.14. The summed E-state index contributed by atoms with van der Waals surface area (Å²) >= 11 is 0. The molecule has 7 nitrogen and oxygen atoms in total. The van der Waals surface area contributed by atoms with E-state index in [1.54, 1.807) is 18.7 Å². The molecule has 0 aliphatic heterocycles. The molecule has 126 valence electrons. The summed E-state index contributed by atoms with van der Waals surface area (Å²) in [5.41, 5.74) is 3.08. The SMILES string of the molecule is CCc1c(C)nc2ncnn2c1NCc1cc(OC)ccc1OC. The van der Waals surface area contributed by atoms with Gasteiger partial charge in [0.1, 0.15) is 23.6 Å². The molecule has 0 atom stereocenters. The van der Waals surface area contributed by atoms with Crippen LogP contribution >= 0.6 is 0 Å². The number of hydrogen-bond donors (Lipinski definition) is 1. The normalized spacial score (nSPS) is 10.8. The summed E-state index contributed by atoms with van der Waals surface area (Å²) in [5, 5.41) is 7.74. The number of rotatable bonds is 6. The molecule has 1 N–H and O–H groups in total. The topological polar surface area (TPSA) is 73.6 Å². The molecule has 0 radical (unpaired) electrons. The lowest BCUT2D eigenvalue weighted by Crippen LogP contribution is -2.12. The average Bonchev–Trinajstić information content (AvgIpc) is 3.06. The minimum atomic E-state index is 0.575. The summed E-state index contributed by atoms with van der Waals surface area (Å²) in [6.07, 6.45) is 2.37. The van der Waals surface area contributed by atoms with Gasteiger partial charge in [0.25, 0.3) is 5.78 Å². The Balaban J connectivity index is 1.98. The third-order valence-electron chi connectivity index (χ3n) is 4.02. The number of anilines is 1. The van der Waals surface area contributed by atoms with Crippen molar-refractivity contribution in [1.82, 2.24) is 19.6 Å². The summed E-state index contributed by atoms with van der Waals surface area (Å²) in [7, 11) is 3.31. The maximum Gasteiger partial charge on any atom is 0.254 e. The molecule has 24 heavy (non-hydrogen) atoms. The van der Waals surface area contributed by atoms with Crippen LogP contribution in [0.3, 0.4) is 0 Å². The Hall–Kier alpha value is -2.83. The molecule has 2 heterocycles. The number of aryl methyl sites for hydroxylation is 1. The van der Waals surface area contributed by atoms with Gasteiger partial charge >= 0.3 is 0 Å². The number of methoxy groups -OCH3 is 2. The van der Waals surface area contributed by atoms with Gasteiger partial charge in [0.05, 0.1) is 14.2 Å². The van der Waals surface area contributed by atoms with Crippen LogP contribution in [-0.2, 0) is 13.0 Å². The Morgan fingerprint density at radius 3 is 2.75 bits per heavy atom. The van der Waals surface area contributed by atoms with Crippen LogP contribution in [0.25, 0.3) is 5.78 Å². The minimum absolute atomic E-state index is 0.575. The highest BCUT2D eigenvalue weighted by atomic mass is 16.5. The van der Waals surface area contributed by atoms with Crippen LogP contribution in [0.1, 0.15) is 23.7 Å². The molecule has 0 fully saturated rings. The number of aromatic nitrogens is 4. The van der Waals surface area contributed by atoms with Crippen LogP contribution in [0.2, 0.25) is 0 Å². The van der Waals surface area contributed by atoms with Gasteiger partial charge in [-0.1, -0.05) is 6.92 Å². The first kappa shape index (κ1) is 16.0. The fraction of sp³-hybridized carbons (Fsp3) is 0.353. The molecule has 7 heteroatoms. The second-order valence-corrected chi connectivity index (χ2v) is 5.38. The second-order valence-electron chi connectivity index (χ2n) is 5.38. The van der Waals surface area contributed by atoms with Gasteiger partial charge in [-0.2, -0.15) is 14.6 Å². The molecule has 1 aromatic carbocycles. The standard InChI is InChI=1S/C17H21N5O2/c1-5-14-11(2)21-17-19-10-20-22(17)16(14)18-9-12-8-13(23-3)6-7-15(12)24-4/h6-8,10,18H,5,9H2,1-4H3. The molecular formula is C17H21N5O2. The number of benzene rings is 1. The van der Waals surface area contributed by atoms with Crippen molar-refractivity contribution in [3.8, 4) is 11.5 Å². The zero-order valence-corrected chi connectivity index (χ0v) is 14.3. The number of nitrogens with one attached hydrogen (secondary N) is 1. The monoisotopic (exact) mass is 327 g/mol. The Morgan fingerprint density at radius 1 is 1.21 bits per heavy atom. The molecular weight excluding hydrogens is 306 g/mol. The van der Waals surface area contributed by atoms with Crippen molar-refractivity contribution in [2.24, 2.45) is 0 Å². The first-order chi connectivity index (χ1) is 11.7. The summed E-state index contributed by atoms with van der Waals surface area (Å²) in [6, 6.07) is 5.75. The largest absolute Gasteiger partial charge is 0.497 e. The van der Waals surface area contributed by atoms with Crippen molar-refractivity contribution in [1.29, 1.82) is 0 Å². The molecule has 0 unspecified atom stereocenters. The van der Waals surface area contributed by atoms with E-state index in [1.165, 1.54) is 6.33 Å². The Morgan fingerprint density at radius 2 is 2.04 bits per heavy atom. The summed E-state index contributed by atoms with van der Waals surface area (Å²) < 4.78 is 12.5. The predicted octanol–water partition coefficient (Wildman–Crippen LogP) is 2.62. The van der Waals surface area contributed by atoms with Gasteiger partial charge in [-0.15, -0.1) is 0 Å². The molecule has 2 aromatic heterocycles. The maximum atomic E-state index is 5.44. The Kier molecular flexibility index (Phi) is 4.50. The zero-order chi connectivity index (χ0) is 17.1. The highest BCUT2D eigenvalue weighted by Crippen LogP contribution is 2.26. The molecule has 3 rings (SSSR count). The van der Waals surface area contributed by atoms with Crippen molar-refractivity contribution in [3.05, 3.63) is 41.3 Å². The average molecular weight is 327 g/mol. The minimum Gasteiger partial charge on any atom is -0.497 e. The van der Waals surface area contributed by atoms with Gasteiger partial charge in [-0.25, -0.2) is 4.98 Å². The zero-order valence-electron chi connectivity index (χ0n) is 14.3. The van der Waals surface area contributed by atoms with E-state index in [1.807, 2.05) is 25.1 Å². The van der Waals surface area contributed by atoms with Crippen LogP contribution in [0.5, 0.6) is 11.5 Å². The van der Waals surface area contributed by atoms with Crippen LogP contribution in [0.4, 0.5) is 5.82 Å². The van der Waals surface area contributed by atoms with E-state index < -0.39 is 0 Å². The Bertz CT molecular complexity index is 860. The number of ether oxygens (including phenoxy) is 2. The van der Waals surface area contributed by atoms with E-state index in [2.05, 4.69) is 27.3 Å². The molecule has 0 aliphatic carbocycles. The van der Waals surface area contributed by atoms with Crippen molar-refractivity contribution in [2.45, 2.75) is 26.8 Å².